The Balaban J connectivity index is 1.43. The van der Waals surface area contributed by atoms with Crippen LogP contribution >= 0.6 is 0 Å². The zero-order chi connectivity index (χ0) is 19.3. The van der Waals surface area contributed by atoms with Gasteiger partial charge in [-0.15, -0.1) is 0 Å². The van der Waals surface area contributed by atoms with Crippen molar-refractivity contribution >= 4 is 11.0 Å². The Morgan fingerprint density at radius 1 is 1.04 bits per heavy atom. The van der Waals surface area contributed by atoms with E-state index in [0.29, 0.717) is 6.61 Å². The second-order valence-corrected chi connectivity index (χ2v) is 7.58. The maximum absolute atomic E-state index is 6.01. The number of nitrogens with zero attached hydrogens (tertiary/aromatic N) is 3. The Morgan fingerprint density at radius 3 is 2.57 bits per heavy atom. The summed E-state index contributed by atoms with van der Waals surface area (Å²) in [5, 5.41) is 0. The molecule has 2 heterocycles. The minimum absolute atomic E-state index is 0.701. The van der Waals surface area contributed by atoms with Crippen molar-refractivity contribution in [2.24, 2.45) is 0 Å². The monoisotopic (exact) mass is 379 g/mol. The van der Waals surface area contributed by atoms with Gasteiger partial charge in [0, 0.05) is 19.6 Å². The quantitative estimate of drug-likeness (QED) is 0.583. The lowest BCUT2D eigenvalue weighted by Crippen LogP contribution is -2.36. The van der Waals surface area contributed by atoms with Crippen molar-refractivity contribution in [3.63, 3.8) is 0 Å². The van der Waals surface area contributed by atoms with Crippen molar-refractivity contribution in [2.75, 3.05) is 32.9 Å². The summed E-state index contributed by atoms with van der Waals surface area (Å²) in [5.74, 6) is 2.09. The number of aryl methyl sites for hydroxylation is 3. The van der Waals surface area contributed by atoms with E-state index in [1.54, 1.807) is 0 Å². The van der Waals surface area contributed by atoms with Crippen molar-refractivity contribution in [3.05, 3.63) is 59.4 Å². The molecule has 0 spiro atoms. The van der Waals surface area contributed by atoms with Gasteiger partial charge in [-0.05, 0) is 55.7 Å². The van der Waals surface area contributed by atoms with Crippen LogP contribution in [0.2, 0.25) is 0 Å². The summed E-state index contributed by atoms with van der Waals surface area (Å²) in [5.41, 5.74) is 4.75. The van der Waals surface area contributed by atoms with Crippen LogP contribution in [0, 0.1) is 13.8 Å². The predicted octanol–water partition coefficient (Wildman–Crippen LogP) is 3.95. The second kappa shape index (κ2) is 8.76. The fourth-order valence-electron chi connectivity index (χ4n) is 3.88. The summed E-state index contributed by atoms with van der Waals surface area (Å²) in [4.78, 5) is 7.33. The van der Waals surface area contributed by atoms with Crippen LogP contribution in [0.25, 0.3) is 11.0 Å². The van der Waals surface area contributed by atoms with Crippen molar-refractivity contribution in [2.45, 2.75) is 33.4 Å². The number of para-hydroxylation sites is 2. The molecule has 0 radical (unpaired) electrons. The average Bonchev–Trinajstić information content (AvgIpc) is 3.02. The fourth-order valence-corrected chi connectivity index (χ4v) is 3.88. The normalized spacial score (nSPS) is 15.2. The van der Waals surface area contributed by atoms with E-state index in [1.165, 1.54) is 16.6 Å². The Morgan fingerprint density at radius 2 is 1.79 bits per heavy atom. The molecule has 1 fully saturated rings. The molecule has 5 nitrogen and oxygen atoms in total. The van der Waals surface area contributed by atoms with Crippen LogP contribution in [-0.4, -0.2) is 47.4 Å². The van der Waals surface area contributed by atoms with E-state index in [-0.39, 0.29) is 0 Å². The molecule has 0 aliphatic carbocycles. The summed E-state index contributed by atoms with van der Waals surface area (Å²) in [6.45, 7) is 10.3. The molecule has 4 rings (SSSR count). The first-order valence-corrected chi connectivity index (χ1v) is 10.1. The van der Waals surface area contributed by atoms with Gasteiger partial charge in [0.15, 0.2) is 0 Å². The van der Waals surface area contributed by atoms with Crippen LogP contribution in [0.5, 0.6) is 5.75 Å². The van der Waals surface area contributed by atoms with Gasteiger partial charge in [-0.25, -0.2) is 4.98 Å². The lowest BCUT2D eigenvalue weighted by atomic mass is 10.1. The van der Waals surface area contributed by atoms with E-state index in [9.17, 15) is 0 Å². The van der Waals surface area contributed by atoms with Crippen LogP contribution in [0.3, 0.4) is 0 Å². The fraction of sp³-hybridized carbons (Fsp3) is 0.435. The Labute approximate surface area is 166 Å². The van der Waals surface area contributed by atoms with Crippen LogP contribution in [-0.2, 0) is 17.8 Å². The first-order chi connectivity index (χ1) is 13.7. The molecule has 1 aromatic heterocycles. The molecule has 1 saturated heterocycles. The van der Waals surface area contributed by atoms with Gasteiger partial charge in [-0.2, -0.15) is 0 Å². The van der Waals surface area contributed by atoms with Crippen LogP contribution in [0.15, 0.2) is 42.5 Å². The Bertz CT molecular complexity index is 908. The van der Waals surface area contributed by atoms with Gasteiger partial charge in [0.25, 0.3) is 0 Å². The van der Waals surface area contributed by atoms with E-state index in [2.05, 4.69) is 65.8 Å². The molecule has 28 heavy (non-hydrogen) atoms. The highest BCUT2D eigenvalue weighted by atomic mass is 16.5. The first kappa shape index (κ1) is 19.0. The highest BCUT2D eigenvalue weighted by Crippen LogP contribution is 2.19. The number of aromatic nitrogens is 2. The van der Waals surface area contributed by atoms with Gasteiger partial charge in [-0.3, -0.25) is 4.90 Å². The molecule has 1 aliphatic rings. The smallest absolute Gasteiger partial charge is 0.124 e. The number of hydrogen-bond acceptors (Lipinski definition) is 4. The van der Waals surface area contributed by atoms with Gasteiger partial charge in [0.2, 0.25) is 0 Å². The van der Waals surface area contributed by atoms with E-state index in [4.69, 9.17) is 14.5 Å². The van der Waals surface area contributed by atoms with Crippen molar-refractivity contribution < 1.29 is 9.47 Å². The lowest BCUT2D eigenvalue weighted by Gasteiger charge is -2.26. The number of imidazole rings is 1. The van der Waals surface area contributed by atoms with E-state index < -0.39 is 0 Å². The van der Waals surface area contributed by atoms with Crippen LogP contribution in [0.4, 0.5) is 0 Å². The first-order valence-electron chi connectivity index (χ1n) is 10.1. The van der Waals surface area contributed by atoms with Crippen LogP contribution < -0.4 is 4.74 Å². The third kappa shape index (κ3) is 4.54. The van der Waals surface area contributed by atoms with E-state index >= 15 is 0 Å². The van der Waals surface area contributed by atoms with E-state index in [0.717, 1.165) is 62.9 Å². The molecule has 3 aromatic rings. The van der Waals surface area contributed by atoms with E-state index in [1.807, 2.05) is 0 Å². The number of fused-ring (bicyclic) bond motifs is 1. The molecule has 0 atom stereocenters. The molecule has 1 aliphatic heterocycles. The maximum Gasteiger partial charge on any atom is 0.124 e. The molecular formula is C23H29N3O2. The maximum atomic E-state index is 6.01. The second-order valence-electron chi connectivity index (χ2n) is 7.58. The SMILES string of the molecule is Cc1cc(C)cc(OCCCn2c(CN3CCOCC3)nc3ccccc32)c1. The molecule has 0 amide bonds. The number of rotatable bonds is 7. The standard InChI is InChI=1S/C23H29N3O2/c1-18-14-19(2)16-20(15-18)28-11-5-8-26-22-7-4-3-6-21(22)24-23(26)17-25-9-12-27-13-10-25/h3-4,6-7,14-16H,5,8-13,17H2,1-2H3. The predicted molar refractivity (Wildman–Crippen MR) is 112 cm³/mol. The van der Waals surface area contributed by atoms with Gasteiger partial charge >= 0.3 is 0 Å². The number of ether oxygens (including phenoxy) is 2. The Kier molecular flexibility index (Phi) is 5.93. The summed E-state index contributed by atoms with van der Waals surface area (Å²) < 4.78 is 13.8. The molecule has 0 bridgehead atoms. The molecule has 5 heteroatoms. The minimum Gasteiger partial charge on any atom is -0.494 e. The van der Waals surface area contributed by atoms with Crippen molar-refractivity contribution in [3.8, 4) is 5.75 Å². The molecule has 0 N–H and O–H groups in total. The number of morpholine rings is 1. The summed E-state index contributed by atoms with van der Waals surface area (Å²) in [6.07, 6.45) is 0.948. The zero-order valence-corrected chi connectivity index (χ0v) is 16.9. The van der Waals surface area contributed by atoms with Gasteiger partial charge in [-0.1, -0.05) is 18.2 Å². The highest BCUT2D eigenvalue weighted by Gasteiger charge is 2.16. The summed E-state index contributed by atoms with van der Waals surface area (Å²) in [6, 6.07) is 14.8. The molecule has 0 unspecified atom stereocenters. The molecule has 0 saturated carbocycles. The molecular weight excluding hydrogens is 350 g/mol. The van der Waals surface area contributed by atoms with Crippen molar-refractivity contribution in [1.29, 1.82) is 0 Å². The third-order valence-corrected chi connectivity index (χ3v) is 5.19. The number of benzene rings is 2. The zero-order valence-electron chi connectivity index (χ0n) is 16.9. The van der Waals surface area contributed by atoms with Gasteiger partial charge in [0.05, 0.1) is 37.4 Å². The average molecular weight is 380 g/mol. The highest BCUT2D eigenvalue weighted by molar-refractivity contribution is 5.75. The lowest BCUT2D eigenvalue weighted by molar-refractivity contribution is 0.0326. The van der Waals surface area contributed by atoms with Crippen LogP contribution in [0.1, 0.15) is 23.4 Å². The molecule has 2 aromatic carbocycles. The summed E-state index contributed by atoms with van der Waals surface area (Å²) in [7, 11) is 0. The van der Waals surface area contributed by atoms with Crippen molar-refractivity contribution in [1.82, 2.24) is 14.5 Å². The minimum atomic E-state index is 0.701. The topological polar surface area (TPSA) is 39.5 Å². The summed E-state index contributed by atoms with van der Waals surface area (Å²) >= 11 is 0. The number of hydrogen-bond donors (Lipinski definition) is 0. The van der Waals surface area contributed by atoms with Gasteiger partial charge in [0.1, 0.15) is 11.6 Å². The third-order valence-electron chi connectivity index (χ3n) is 5.19. The largest absolute Gasteiger partial charge is 0.494 e. The Hall–Kier alpha value is -2.37. The van der Waals surface area contributed by atoms with Gasteiger partial charge < -0.3 is 14.0 Å². The molecule has 148 valence electrons.